The summed E-state index contributed by atoms with van der Waals surface area (Å²) in [5.74, 6) is 0.465. The number of halogens is 1. The van der Waals surface area contributed by atoms with E-state index in [-0.39, 0.29) is 17.1 Å². The highest BCUT2D eigenvalue weighted by molar-refractivity contribution is 9.10. The molecule has 1 amide bonds. The molecule has 1 aliphatic heterocycles. The Morgan fingerprint density at radius 1 is 1.03 bits per heavy atom. The number of carbonyl (C=O) groups is 1. The van der Waals surface area contributed by atoms with Gasteiger partial charge in [-0.2, -0.15) is 0 Å². The molecule has 3 aromatic carbocycles. The fraction of sp³-hybridized carbons (Fsp3) is 0.154. The van der Waals surface area contributed by atoms with Gasteiger partial charge in [0.2, 0.25) is 5.76 Å². The molecule has 1 unspecified atom stereocenters. The topological polar surface area (TPSA) is 59.8 Å². The number of nitrogens with zero attached hydrogens (tertiary/aromatic N) is 1. The van der Waals surface area contributed by atoms with E-state index in [2.05, 4.69) is 15.9 Å². The van der Waals surface area contributed by atoms with Gasteiger partial charge in [-0.05, 0) is 48.4 Å². The summed E-state index contributed by atoms with van der Waals surface area (Å²) in [6.45, 7) is 2.37. The summed E-state index contributed by atoms with van der Waals surface area (Å²) < 4.78 is 12.2. The smallest absolute Gasteiger partial charge is 0.291 e. The molecule has 0 saturated heterocycles. The molecule has 2 heterocycles. The lowest BCUT2D eigenvalue weighted by atomic mass is 9.98. The summed E-state index contributed by atoms with van der Waals surface area (Å²) in [4.78, 5) is 28.8. The second kappa shape index (κ2) is 7.95. The minimum Gasteiger partial charge on any atom is -0.497 e. The van der Waals surface area contributed by atoms with Gasteiger partial charge in [-0.15, -0.1) is 0 Å². The summed E-state index contributed by atoms with van der Waals surface area (Å²) in [7, 11) is 1.59. The van der Waals surface area contributed by atoms with Crippen molar-refractivity contribution in [2.24, 2.45) is 0 Å². The van der Waals surface area contributed by atoms with Crippen molar-refractivity contribution >= 4 is 32.8 Å². The average Bonchev–Trinajstić information content (AvgIpc) is 3.08. The molecular formula is C26H20BrNO4. The first-order valence-corrected chi connectivity index (χ1v) is 11.0. The van der Waals surface area contributed by atoms with Crippen LogP contribution in [0.1, 0.15) is 38.9 Å². The molecule has 1 atom stereocenters. The highest BCUT2D eigenvalue weighted by Gasteiger charge is 2.42. The van der Waals surface area contributed by atoms with Crippen LogP contribution in [0.25, 0.3) is 11.0 Å². The van der Waals surface area contributed by atoms with Crippen molar-refractivity contribution in [2.75, 3.05) is 7.11 Å². The monoisotopic (exact) mass is 489 g/mol. The molecule has 0 aliphatic carbocycles. The molecule has 6 heteroatoms. The van der Waals surface area contributed by atoms with Crippen LogP contribution in [0, 0.1) is 6.92 Å². The van der Waals surface area contributed by atoms with E-state index < -0.39 is 6.04 Å². The Morgan fingerprint density at radius 3 is 2.56 bits per heavy atom. The average molecular weight is 490 g/mol. The molecule has 0 fully saturated rings. The van der Waals surface area contributed by atoms with E-state index in [1.807, 2.05) is 55.5 Å². The fourth-order valence-corrected chi connectivity index (χ4v) is 4.57. The number of fused-ring (bicyclic) bond motifs is 2. The first-order chi connectivity index (χ1) is 15.5. The van der Waals surface area contributed by atoms with Crippen molar-refractivity contribution in [3.05, 3.63) is 109 Å². The Bertz CT molecular complexity index is 1410. The van der Waals surface area contributed by atoms with E-state index in [4.69, 9.17) is 9.15 Å². The van der Waals surface area contributed by atoms with Gasteiger partial charge in [-0.3, -0.25) is 9.59 Å². The Labute approximate surface area is 193 Å². The summed E-state index contributed by atoms with van der Waals surface area (Å²) in [5, 5.41) is 0.441. The zero-order valence-electron chi connectivity index (χ0n) is 17.6. The number of rotatable bonds is 4. The Morgan fingerprint density at radius 2 is 1.81 bits per heavy atom. The lowest BCUT2D eigenvalue weighted by molar-refractivity contribution is 0.0714. The van der Waals surface area contributed by atoms with Crippen LogP contribution in [-0.4, -0.2) is 17.9 Å². The summed E-state index contributed by atoms with van der Waals surface area (Å²) in [6, 6.07) is 20.1. The van der Waals surface area contributed by atoms with E-state index in [1.165, 1.54) is 0 Å². The highest BCUT2D eigenvalue weighted by Crippen LogP contribution is 2.40. The molecule has 0 bridgehead atoms. The van der Waals surface area contributed by atoms with Crippen molar-refractivity contribution in [3.8, 4) is 5.75 Å². The van der Waals surface area contributed by atoms with E-state index >= 15 is 0 Å². The fourth-order valence-electron chi connectivity index (χ4n) is 4.20. The maximum absolute atomic E-state index is 13.6. The van der Waals surface area contributed by atoms with Crippen LogP contribution in [0.2, 0.25) is 0 Å². The second-order valence-corrected chi connectivity index (χ2v) is 8.83. The number of benzene rings is 3. The van der Waals surface area contributed by atoms with E-state index in [9.17, 15) is 9.59 Å². The lowest BCUT2D eigenvalue weighted by Crippen LogP contribution is -2.29. The predicted molar refractivity (Wildman–Crippen MR) is 126 cm³/mol. The molecule has 0 saturated carbocycles. The normalized spacial score (nSPS) is 15.3. The standard InChI is InChI=1S/C26H20BrNO4/c1-15-6-8-16(9-7-15)14-28-23(17-4-3-5-19(12-17)31-2)22-24(29)20-13-18(27)10-11-21(20)32-25(22)26(28)30/h3-13,23H,14H2,1-2H3. The Balaban J connectivity index is 1.72. The molecule has 0 spiro atoms. The van der Waals surface area contributed by atoms with E-state index in [1.54, 1.807) is 30.2 Å². The van der Waals surface area contributed by atoms with Crippen LogP contribution in [-0.2, 0) is 6.54 Å². The minimum absolute atomic E-state index is 0.102. The third-order valence-corrected chi connectivity index (χ3v) is 6.30. The number of ether oxygens (including phenoxy) is 1. The number of aryl methyl sites for hydroxylation is 1. The SMILES string of the molecule is COc1cccc(C2c3c(oc4ccc(Br)cc4c3=O)C(=O)N2Cc2ccc(C)cc2)c1. The van der Waals surface area contributed by atoms with Crippen LogP contribution in [0.5, 0.6) is 5.75 Å². The van der Waals surface area contributed by atoms with Gasteiger partial charge in [0, 0.05) is 11.0 Å². The van der Waals surface area contributed by atoms with E-state index in [0.717, 1.165) is 21.2 Å². The van der Waals surface area contributed by atoms with Gasteiger partial charge in [-0.25, -0.2) is 0 Å². The molecule has 1 aromatic heterocycles. The van der Waals surface area contributed by atoms with Crippen LogP contribution < -0.4 is 10.2 Å². The van der Waals surface area contributed by atoms with Crippen molar-refractivity contribution < 1.29 is 13.9 Å². The molecular weight excluding hydrogens is 470 g/mol. The molecule has 1 aliphatic rings. The predicted octanol–water partition coefficient (Wildman–Crippen LogP) is 5.62. The number of methoxy groups -OCH3 is 1. The zero-order chi connectivity index (χ0) is 22.4. The highest BCUT2D eigenvalue weighted by atomic mass is 79.9. The van der Waals surface area contributed by atoms with Gasteiger partial charge in [-0.1, -0.05) is 57.9 Å². The largest absolute Gasteiger partial charge is 0.497 e. The quantitative estimate of drug-likeness (QED) is 0.373. The van der Waals surface area contributed by atoms with Gasteiger partial charge in [0.1, 0.15) is 11.3 Å². The molecule has 5 nitrogen and oxygen atoms in total. The molecule has 4 aromatic rings. The molecule has 0 radical (unpaired) electrons. The Hall–Kier alpha value is -3.38. The van der Waals surface area contributed by atoms with Crippen LogP contribution in [0.4, 0.5) is 0 Å². The maximum atomic E-state index is 13.6. The molecule has 32 heavy (non-hydrogen) atoms. The van der Waals surface area contributed by atoms with Gasteiger partial charge in [0.15, 0.2) is 5.43 Å². The first kappa shape index (κ1) is 20.5. The van der Waals surface area contributed by atoms with E-state index in [0.29, 0.717) is 28.8 Å². The van der Waals surface area contributed by atoms with Gasteiger partial charge >= 0.3 is 0 Å². The summed E-state index contributed by atoms with van der Waals surface area (Å²) in [6.07, 6.45) is 0. The van der Waals surface area contributed by atoms with Crippen molar-refractivity contribution in [1.82, 2.24) is 4.90 Å². The van der Waals surface area contributed by atoms with Crippen LogP contribution in [0.3, 0.4) is 0 Å². The van der Waals surface area contributed by atoms with Crippen LogP contribution in [0.15, 0.2) is 80.4 Å². The molecule has 160 valence electrons. The van der Waals surface area contributed by atoms with Gasteiger partial charge in [0.25, 0.3) is 5.91 Å². The maximum Gasteiger partial charge on any atom is 0.291 e. The van der Waals surface area contributed by atoms with Crippen molar-refractivity contribution in [1.29, 1.82) is 0 Å². The third-order valence-electron chi connectivity index (χ3n) is 5.81. The van der Waals surface area contributed by atoms with Gasteiger partial charge in [0.05, 0.1) is 24.1 Å². The zero-order valence-corrected chi connectivity index (χ0v) is 19.2. The molecule has 0 N–H and O–H groups in total. The number of carbonyl (C=O) groups excluding carboxylic acids is 1. The number of hydrogen-bond donors (Lipinski definition) is 0. The number of amides is 1. The minimum atomic E-state index is -0.575. The van der Waals surface area contributed by atoms with Crippen LogP contribution >= 0.6 is 15.9 Å². The summed E-state index contributed by atoms with van der Waals surface area (Å²) >= 11 is 3.43. The van der Waals surface area contributed by atoms with Crippen molar-refractivity contribution in [3.63, 3.8) is 0 Å². The summed E-state index contributed by atoms with van der Waals surface area (Å²) in [5.41, 5.74) is 3.47. The lowest BCUT2D eigenvalue weighted by Gasteiger charge is -2.25. The van der Waals surface area contributed by atoms with Gasteiger partial charge < -0.3 is 14.1 Å². The number of hydrogen-bond acceptors (Lipinski definition) is 4. The second-order valence-electron chi connectivity index (χ2n) is 7.91. The Kier molecular flexibility index (Phi) is 5.10. The molecule has 5 rings (SSSR count). The van der Waals surface area contributed by atoms with Crippen molar-refractivity contribution in [2.45, 2.75) is 19.5 Å². The first-order valence-electron chi connectivity index (χ1n) is 10.2. The third kappa shape index (κ3) is 3.41.